The molecular weight excluding hydrogens is 176 g/mol. The van der Waals surface area contributed by atoms with Crippen LogP contribution >= 0.6 is 0 Å². The molecule has 1 heterocycles. The van der Waals surface area contributed by atoms with Gasteiger partial charge in [0, 0.05) is 18.4 Å². The van der Waals surface area contributed by atoms with E-state index < -0.39 is 0 Å². The summed E-state index contributed by atoms with van der Waals surface area (Å²) in [6.07, 6.45) is 5.24. The molecule has 0 saturated carbocycles. The van der Waals surface area contributed by atoms with Gasteiger partial charge in [0.2, 0.25) is 0 Å². The fraction of sp³-hybridized carbons (Fsp3) is 0.727. The molecule has 0 radical (unpaired) electrons. The standard InChI is InChI=1S/C11H20N2O/c1-4-5-6-10-8-13(7-9(2)3)11(14)12-10/h8-9H,4-7H2,1-3H3,(H,12,14). The number of hydrogen-bond acceptors (Lipinski definition) is 1. The van der Waals surface area contributed by atoms with Gasteiger partial charge in [-0.25, -0.2) is 4.79 Å². The van der Waals surface area contributed by atoms with E-state index in [-0.39, 0.29) is 5.69 Å². The first-order valence-electron chi connectivity index (χ1n) is 5.41. The van der Waals surface area contributed by atoms with Gasteiger partial charge in [0.15, 0.2) is 0 Å². The van der Waals surface area contributed by atoms with Gasteiger partial charge in [-0.3, -0.25) is 4.57 Å². The normalized spacial score (nSPS) is 11.1. The highest BCUT2D eigenvalue weighted by molar-refractivity contribution is 4.97. The molecule has 0 aliphatic rings. The van der Waals surface area contributed by atoms with Gasteiger partial charge in [0.1, 0.15) is 0 Å². The fourth-order valence-electron chi connectivity index (χ4n) is 1.51. The van der Waals surface area contributed by atoms with E-state index in [1.807, 2.05) is 6.20 Å². The van der Waals surface area contributed by atoms with Crippen molar-refractivity contribution in [2.45, 2.75) is 46.6 Å². The van der Waals surface area contributed by atoms with E-state index in [1.54, 1.807) is 4.57 Å². The summed E-state index contributed by atoms with van der Waals surface area (Å²) >= 11 is 0. The lowest BCUT2D eigenvalue weighted by Crippen LogP contribution is -2.18. The molecular formula is C11H20N2O. The van der Waals surface area contributed by atoms with Crippen molar-refractivity contribution in [3.05, 3.63) is 22.4 Å². The lowest BCUT2D eigenvalue weighted by molar-refractivity contribution is 0.512. The molecule has 0 bridgehead atoms. The summed E-state index contributed by atoms with van der Waals surface area (Å²) in [5.74, 6) is 0.516. The molecule has 0 saturated heterocycles. The Morgan fingerprint density at radius 2 is 2.21 bits per heavy atom. The van der Waals surface area contributed by atoms with E-state index in [4.69, 9.17) is 0 Å². The van der Waals surface area contributed by atoms with Crippen LogP contribution in [0, 0.1) is 5.92 Å². The third-order valence-corrected chi connectivity index (χ3v) is 2.20. The number of hydrogen-bond donors (Lipinski definition) is 1. The third kappa shape index (κ3) is 3.05. The molecule has 0 spiro atoms. The fourth-order valence-corrected chi connectivity index (χ4v) is 1.51. The Balaban J connectivity index is 2.67. The summed E-state index contributed by atoms with van der Waals surface area (Å²) in [7, 11) is 0. The summed E-state index contributed by atoms with van der Waals surface area (Å²) in [6.45, 7) is 7.20. The van der Waals surface area contributed by atoms with Gasteiger partial charge >= 0.3 is 5.69 Å². The van der Waals surface area contributed by atoms with E-state index in [2.05, 4.69) is 25.8 Å². The Hall–Kier alpha value is -0.990. The van der Waals surface area contributed by atoms with Crippen molar-refractivity contribution in [3.8, 4) is 0 Å². The van der Waals surface area contributed by atoms with E-state index in [9.17, 15) is 4.79 Å². The number of imidazole rings is 1. The molecule has 0 fully saturated rings. The highest BCUT2D eigenvalue weighted by atomic mass is 16.1. The number of aromatic nitrogens is 2. The molecule has 0 aromatic carbocycles. The maximum Gasteiger partial charge on any atom is 0.325 e. The molecule has 0 aliphatic carbocycles. The summed E-state index contributed by atoms with van der Waals surface area (Å²) in [6, 6.07) is 0. The number of unbranched alkanes of at least 4 members (excludes halogenated alkanes) is 1. The van der Waals surface area contributed by atoms with Crippen molar-refractivity contribution in [3.63, 3.8) is 0 Å². The Bertz CT molecular complexity index is 322. The highest BCUT2D eigenvalue weighted by Gasteiger charge is 2.03. The number of aromatic amines is 1. The van der Waals surface area contributed by atoms with Crippen LogP contribution in [0.5, 0.6) is 0 Å². The lowest BCUT2D eigenvalue weighted by atomic mass is 10.2. The monoisotopic (exact) mass is 196 g/mol. The Kier molecular flexibility index (Phi) is 3.98. The summed E-state index contributed by atoms with van der Waals surface area (Å²) in [4.78, 5) is 14.3. The minimum atomic E-state index is 0.0322. The van der Waals surface area contributed by atoms with Gasteiger partial charge < -0.3 is 4.98 Å². The minimum absolute atomic E-state index is 0.0322. The zero-order chi connectivity index (χ0) is 10.6. The second-order valence-electron chi connectivity index (χ2n) is 4.23. The van der Waals surface area contributed by atoms with Crippen molar-refractivity contribution >= 4 is 0 Å². The predicted molar refractivity (Wildman–Crippen MR) is 58.5 cm³/mol. The Labute approximate surface area is 85.2 Å². The average Bonchev–Trinajstić information content (AvgIpc) is 2.43. The van der Waals surface area contributed by atoms with Crippen molar-refractivity contribution in [2.24, 2.45) is 5.92 Å². The summed E-state index contributed by atoms with van der Waals surface area (Å²) in [5.41, 5.74) is 1.10. The topological polar surface area (TPSA) is 37.8 Å². The lowest BCUT2D eigenvalue weighted by Gasteiger charge is -2.03. The maximum atomic E-state index is 11.4. The highest BCUT2D eigenvalue weighted by Crippen LogP contribution is 2.02. The van der Waals surface area contributed by atoms with Gasteiger partial charge in [-0.05, 0) is 18.8 Å². The molecule has 0 aliphatic heterocycles. The smallest absolute Gasteiger partial charge is 0.310 e. The first kappa shape index (κ1) is 11.1. The van der Waals surface area contributed by atoms with Crippen LogP contribution in [0.4, 0.5) is 0 Å². The maximum absolute atomic E-state index is 11.4. The zero-order valence-electron chi connectivity index (χ0n) is 9.34. The molecule has 3 nitrogen and oxygen atoms in total. The van der Waals surface area contributed by atoms with Crippen LogP contribution in [0.1, 0.15) is 39.3 Å². The predicted octanol–water partition coefficient (Wildman–Crippen LogP) is 2.18. The molecule has 0 unspecified atom stereocenters. The van der Waals surface area contributed by atoms with Gasteiger partial charge in [-0.15, -0.1) is 0 Å². The van der Waals surface area contributed by atoms with Crippen LogP contribution in [0.2, 0.25) is 0 Å². The second-order valence-corrected chi connectivity index (χ2v) is 4.23. The Morgan fingerprint density at radius 1 is 1.50 bits per heavy atom. The Morgan fingerprint density at radius 3 is 2.79 bits per heavy atom. The molecule has 3 heteroatoms. The van der Waals surface area contributed by atoms with Crippen LogP contribution in [-0.2, 0) is 13.0 Å². The number of nitrogens with zero attached hydrogens (tertiary/aromatic N) is 1. The first-order valence-corrected chi connectivity index (χ1v) is 5.41. The number of aryl methyl sites for hydroxylation is 1. The van der Waals surface area contributed by atoms with Gasteiger partial charge in [0.25, 0.3) is 0 Å². The van der Waals surface area contributed by atoms with Crippen LogP contribution in [0.3, 0.4) is 0 Å². The molecule has 1 rings (SSSR count). The van der Waals surface area contributed by atoms with E-state index in [0.717, 1.165) is 31.5 Å². The van der Waals surface area contributed by atoms with Gasteiger partial charge in [-0.1, -0.05) is 27.2 Å². The third-order valence-electron chi connectivity index (χ3n) is 2.20. The zero-order valence-corrected chi connectivity index (χ0v) is 9.34. The van der Waals surface area contributed by atoms with Gasteiger partial charge in [0.05, 0.1) is 0 Å². The molecule has 14 heavy (non-hydrogen) atoms. The van der Waals surface area contributed by atoms with Crippen LogP contribution in [0.15, 0.2) is 11.0 Å². The van der Waals surface area contributed by atoms with Crippen LogP contribution in [-0.4, -0.2) is 9.55 Å². The quantitative estimate of drug-likeness (QED) is 0.770. The van der Waals surface area contributed by atoms with Crippen LogP contribution < -0.4 is 5.69 Å². The molecule has 1 aromatic rings. The van der Waals surface area contributed by atoms with Gasteiger partial charge in [-0.2, -0.15) is 0 Å². The second kappa shape index (κ2) is 5.03. The van der Waals surface area contributed by atoms with Crippen molar-refractivity contribution in [1.29, 1.82) is 0 Å². The molecule has 0 atom stereocenters. The van der Waals surface area contributed by atoms with E-state index >= 15 is 0 Å². The average molecular weight is 196 g/mol. The molecule has 1 N–H and O–H groups in total. The van der Waals surface area contributed by atoms with Crippen molar-refractivity contribution < 1.29 is 0 Å². The number of nitrogens with one attached hydrogen (secondary N) is 1. The van der Waals surface area contributed by atoms with E-state index in [1.165, 1.54) is 0 Å². The largest absolute Gasteiger partial charge is 0.325 e. The number of H-pyrrole nitrogens is 1. The van der Waals surface area contributed by atoms with Crippen molar-refractivity contribution in [1.82, 2.24) is 9.55 Å². The SMILES string of the molecule is CCCCc1cn(CC(C)C)c(=O)[nH]1. The van der Waals surface area contributed by atoms with Crippen LogP contribution in [0.25, 0.3) is 0 Å². The van der Waals surface area contributed by atoms with Crippen molar-refractivity contribution in [2.75, 3.05) is 0 Å². The summed E-state index contributed by atoms with van der Waals surface area (Å²) < 4.78 is 1.77. The molecule has 80 valence electrons. The molecule has 0 amide bonds. The minimum Gasteiger partial charge on any atom is -0.310 e. The van der Waals surface area contributed by atoms with E-state index in [0.29, 0.717) is 5.92 Å². The molecule has 1 aromatic heterocycles. The first-order chi connectivity index (χ1) is 6.63. The summed E-state index contributed by atoms with van der Waals surface area (Å²) in [5, 5.41) is 0. The number of rotatable bonds is 5.